The van der Waals surface area contributed by atoms with Gasteiger partial charge in [0.15, 0.2) is 5.76 Å². The van der Waals surface area contributed by atoms with Crippen molar-refractivity contribution in [3.8, 4) is 5.75 Å². The Balaban J connectivity index is 2.14. The third kappa shape index (κ3) is 3.57. The number of hydrogen-bond donors (Lipinski definition) is 1. The summed E-state index contributed by atoms with van der Waals surface area (Å²) >= 11 is 0. The zero-order valence-electron chi connectivity index (χ0n) is 11.9. The van der Waals surface area contributed by atoms with Crippen molar-refractivity contribution in [1.82, 2.24) is 10.5 Å². The van der Waals surface area contributed by atoms with Gasteiger partial charge in [-0.1, -0.05) is 18.1 Å². The van der Waals surface area contributed by atoms with Crippen LogP contribution in [0.25, 0.3) is 0 Å². The van der Waals surface area contributed by atoms with Crippen molar-refractivity contribution in [3.63, 3.8) is 0 Å². The number of aryl methyl sites for hydroxylation is 1. The van der Waals surface area contributed by atoms with E-state index in [1.165, 1.54) is 12.1 Å². The molecule has 0 fully saturated rings. The fourth-order valence-electron chi connectivity index (χ4n) is 2.04. The van der Waals surface area contributed by atoms with Crippen LogP contribution in [0.5, 0.6) is 5.75 Å². The van der Waals surface area contributed by atoms with Crippen LogP contribution in [0.15, 0.2) is 28.8 Å². The van der Waals surface area contributed by atoms with E-state index in [1.54, 1.807) is 12.1 Å². The van der Waals surface area contributed by atoms with Crippen LogP contribution >= 0.6 is 0 Å². The maximum atomic E-state index is 13.4. The second-order valence-corrected chi connectivity index (χ2v) is 4.68. The van der Waals surface area contributed by atoms with Gasteiger partial charge in [0, 0.05) is 23.7 Å². The first-order valence-corrected chi connectivity index (χ1v) is 6.68. The molecule has 2 aromatic rings. The van der Waals surface area contributed by atoms with Gasteiger partial charge in [0.1, 0.15) is 18.2 Å². The van der Waals surface area contributed by atoms with E-state index in [-0.39, 0.29) is 18.5 Å². The Morgan fingerprint density at radius 3 is 2.85 bits per heavy atom. The summed E-state index contributed by atoms with van der Waals surface area (Å²) in [6, 6.07) is 6.46. The number of nitrogens with zero attached hydrogens (tertiary/aromatic N) is 1. The minimum absolute atomic E-state index is 0.0899. The summed E-state index contributed by atoms with van der Waals surface area (Å²) < 4.78 is 24.1. The fourth-order valence-corrected chi connectivity index (χ4v) is 2.04. The number of aromatic nitrogens is 1. The number of hydrogen-bond acceptors (Lipinski definition) is 4. The largest absolute Gasteiger partial charge is 0.485 e. The summed E-state index contributed by atoms with van der Waals surface area (Å²) in [5.41, 5.74) is 1.72. The van der Waals surface area contributed by atoms with Crippen LogP contribution in [0.2, 0.25) is 0 Å². The highest BCUT2D eigenvalue weighted by Crippen LogP contribution is 2.27. The second-order valence-electron chi connectivity index (χ2n) is 4.68. The van der Waals surface area contributed by atoms with E-state index in [9.17, 15) is 4.39 Å². The molecule has 0 aliphatic carbocycles. The fraction of sp³-hybridized carbons (Fsp3) is 0.400. The molecule has 0 radical (unpaired) electrons. The van der Waals surface area contributed by atoms with Gasteiger partial charge in [0.2, 0.25) is 0 Å². The SMILES string of the molecule is CCNC(C)c1ccc(F)cc1OCc1cc(C)no1. The maximum absolute atomic E-state index is 13.4. The van der Waals surface area contributed by atoms with Crippen molar-refractivity contribution in [1.29, 1.82) is 0 Å². The lowest BCUT2D eigenvalue weighted by Crippen LogP contribution is -2.18. The third-order valence-electron chi connectivity index (χ3n) is 3.00. The molecular formula is C15H19FN2O2. The van der Waals surface area contributed by atoms with Crippen LogP contribution in [-0.4, -0.2) is 11.7 Å². The number of ether oxygens (including phenoxy) is 1. The minimum atomic E-state index is -0.318. The van der Waals surface area contributed by atoms with Gasteiger partial charge in [0.25, 0.3) is 0 Å². The molecule has 108 valence electrons. The minimum Gasteiger partial charge on any atom is -0.485 e. The van der Waals surface area contributed by atoms with Gasteiger partial charge in [-0.3, -0.25) is 0 Å². The summed E-state index contributed by atoms with van der Waals surface area (Å²) in [6.45, 7) is 6.95. The summed E-state index contributed by atoms with van der Waals surface area (Å²) in [6.07, 6.45) is 0. The predicted molar refractivity (Wildman–Crippen MR) is 74.1 cm³/mol. The lowest BCUT2D eigenvalue weighted by Gasteiger charge is -2.17. The van der Waals surface area contributed by atoms with Gasteiger partial charge in [-0.15, -0.1) is 0 Å². The molecule has 0 bridgehead atoms. The molecule has 1 unspecified atom stereocenters. The Morgan fingerprint density at radius 2 is 2.20 bits per heavy atom. The summed E-state index contributed by atoms with van der Waals surface area (Å²) in [4.78, 5) is 0. The van der Waals surface area contributed by atoms with E-state index >= 15 is 0 Å². The molecular weight excluding hydrogens is 259 g/mol. The van der Waals surface area contributed by atoms with Crippen molar-refractivity contribution in [2.24, 2.45) is 0 Å². The molecule has 1 aromatic heterocycles. The molecule has 1 atom stereocenters. The molecule has 0 spiro atoms. The highest BCUT2D eigenvalue weighted by molar-refractivity contribution is 5.36. The molecule has 0 saturated heterocycles. The van der Waals surface area contributed by atoms with Crippen LogP contribution in [0.3, 0.4) is 0 Å². The summed E-state index contributed by atoms with van der Waals surface area (Å²) in [7, 11) is 0. The van der Waals surface area contributed by atoms with Gasteiger partial charge >= 0.3 is 0 Å². The van der Waals surface area contributed by atoms with Gasteiger partial charge in [-0.05, 0) is 26.5 Å². The monoisotopic (exact) mass is 278 g/mol. The zero-order valence-corrected chi connectivity index (χ0v) is 11.9. The first-order valence-electron chi connectivity index (χ1n) is 6.68. The van der Waals surface area contributed by atoms with E-state index in [0.717, 1.165) is 17.8 Å². The van der Waals surface area contributed by atoms with Crippen LogP contribution in [0.4, 0.5) is 4.39 Å². The van der Waals surface area contributed by atoms with E-state index in [4.69, 9.17) is 9.26 Å². The normalized spacial score (nSPS) is 12.4. The Kier molecular flexibility index (Phi) is 4.74. The standard InChI is InChI=1S/C15H19FN2O2/c1-4-17-11(3)14-6-5-12(16)8-15(14)19-9-13-7-10(2)18-20-13/h5-8,11,17H,4,9H2,1-3H3. The van der Waals surface area contributed by atoms with E-state index < -0.39 is 0 Å². The van der Waals surface area contributed by atoms with Crippen LogP contribution in [-0.2, 0) is 6.61 Å². The topological polar surface area (TPSA) is 47.3 Å². The summed E-state index contributed by atoms with van der Waals surface area (Å²) in [5, 5.41) is 7.08. The highest BCUT2D eigenvalue weighted by atomic mass is 19.1. The van der Waals surface area contributed by atoms with Crippen molar-refractivity contribution < 1.29 is 13.7 Å². The van der Waals surface area contributed by atoms with Gasteiger partial charge in [0.05, 0.1) is 5.69 Å². The lowest BCUT2D eigenvalue weighted by atomic mass is 10.1. The molecule has 2 rings (SSSR count). The van der Waals surface area contributed by atoms with Crippen molar-refractivity contribution in [2.75, 3.05) is 6.54 Å². The Morgan fingerprint density at radius 1 is 1.40 bits per heavy atom. The molecule has 1 N–H and O–H groups in total. The number of benzene rings is 1. The molecule has 0 amide bonds. The first kappa shape index (κ1) is 14.5. The van der Waals surface area contributed by atoms with E-state index in [1.807, 2.05) is 20.8 Å². The average Bonchev–Trinajstić information content (AvgIpc) is 2.82. The molecule has 20 heavy (non-hydrogen) atoms. The predicted octanol–water partition coefficient (Wildman–Crippen LogP) is 3.37. The molecule has 1 heterocycles. The van der Waals surface area contributed by atoms with Crippen LogP contribution in [0.1, 0.15) is 36.9 Å². The Hall–Kier alpha value is -1.88. The summed E-state index contributed by atoms with van der Waals surface area (Å²) in [5.74, 6) is 0.822. The Labute approximate surface area is 117 Å². The smallest absolute Gasteiger partial charge is 0.174 e. The third-order valence-corrected chi connectivity index (χ3v) is 3.00. The van der Waals surface area contributed by atoms with Crippen molar-refractivity contribution in [2.45, 2.75) is 33.4 Å². The van der Waals surface area contributed by atoms with E-state index in [2.05, 4.69) is 10.5 Å². The van der Waals surface area contributed by atoms with E-state index in [0.29, 0.717) is 11.5 Å². The molecule has 0 saturated carbocycles. The van der Waals surface area contributed by atoms with Crippen LogP contribution < -0.4 is 10.1 Å². The van der Waals surface area contributed by atoms with Crippen molar-refractivity contribution >= 4 is 0 Å². The highest BCUT2D eigenvalue weighted by Gasteiger charge is 2.13. The number of halogens is 1. The molecule has 1 aromatic carbocycles. The lowest BCUT2D eigenvalue weighted by molar-refractivity contribution is 0.244. The molecule has 5 heteroatoms. The second kappa shape index (κ2) is 6.52. The van der Waals surface area contributed by atoms with Gasteiger partial charge in [-0.2, -0.15) is 0 Å². The Bertz CT molecular complexity index is 569. The number of rotatable bonds is 6. The van der Waals surface area contributed by atoms with Gasteiger partial charge < -0.3 is 14.6 Å². The quantitative estimate of drug-likeness (QED) is 0.880. The van der Waals surface area contributed by atoms with Crippen molar-refractivity contribution in [3.05, 3.63) is 47.1 Å². The molecule has 4 nitrogen and oxygen atoms in total. The molecule has 0 aliphatic rings. The number of nitrogens with one attached hydrogen (secondary N) is 1. The zero-order chi connectivity index (χ0) is 14.5. The average molecular weight is 278 g/mol. The molecule has 0 aliphatic heterocycles. The first-order chi connectivity index (χ1) is 9.60. The maximum Gasteiger partial charge on any atom is 0.174 e. The van der Waals surface area contributed by atoms with Crippen LogP contribution in [0, 0.1) is 12.7 Å². The van der Waals surface area contributed by atoms with Gasteiger partial charge in [-0.25, -0.2) is 4.39 Å².